The van der Waals surface area contributed by atoms with Gasteiger partial charge in [-0.05, 0) is 11.8 Å². The molecular weight excluding hydrogens is 260 g/mol. The van der Waals surface area contributed by atoms with Gasteiger partial charge in [0.1, 0.15) is 12.1 Å². The maximum Gasteiger partial charge on any atom is 0.328 e. The second kappa shape index (κ2) is 8.55. The SMILES string of the molecule is CC[C@H](C)[C@H](NC(C)=O)C(=O)N[C@H](C(=O)OC)C(C)C. The van der Waals surface area contributed by atoms with E-state index in [1.54, 1.807) is 0 Å². The van der Waals surface area contributed by atoms with Crippen LogP contribution in [0.25, 0.3) is 0 Å². The van der Waals surface area contributed by atoms with Crippen LogP contribution in [-0.4, -0.2) is 37.0 Å². The summed E-state index contributed by atoms with van der Waals surface area (Å²) in [6.07, 6.45) is 0.739. The zero-order valence-electron chi connectivity index (χ0n) is 13.1. The van der Waals surface area contributed by atoms with E-state index in [4.69, 9.17) is 0 Å². The first kappa shape index (κ1) is 18.4. The summed E-state index contributed by atoms with van der Waals surface area (Å²) in [6.45, 7) is 8.82. The Morgan fingerprint density at radius 1 is 1.05 bits per heavy atom. The molecule has 0 aliphatic heterocycles. The molecule has 0 unspecified atom stereocenters. The van der Waals surface area contributed by atoms with Crippen LogP contribution in [0.4, 0.5) is 0 Å². The molecule has 0 aliphatic carbocycles. The number of esters is 1. The molecule has 0 heterocycles. The predicted molar refractivity (Wildman–Crippen MR) is 75.8 cm³/mol. The first-order valence-corrected chi connectivity index (χ1v) is 6.89. The van der Waals surface area contributed by atoms with Crippen LogP contribution in [0.2, 0.25) is 0 Å². The Kier molecular flexibility index (Phi) is 7.87. The molecule has 0 bridgehead atoms. The van der Waals surface area contributed by atoms with Gasteiger partial charge in [0.05, 0.1) is 7.11 Å². The maximum atomic E-state index is 12.3. The van der Waals surface area contributed by atoms with E-state index in [9.17, 15) is 14.4 Å². The lowest BCUT2D eigenvalue weighted by molar-refractivity contribution is -0.146. The van der Waals surface area contributed by atoms with Crippen molar-refractivity contribution >= 4 is 17.8 Å². The van der Waals surface area contributed by atoms with Gasteiger partial charge in [-0.2, -0.15) is 0 Å². The van der Waals surface area contributed by atoms with Crippen molar-refractivity contribution in [3.05, 3.63) is 0 Å². The summed E-state index contributed by atoms with van der Waals surface area (Å²) < 4.78 is 4.68. The molecule has 0 aliphatic rings. The number of carbonyl (C=O) groups is 3. The molecule has 0 fully saturated rings. The predicted octanol–water partition coefficient (Wildman–Crippen LogP) is 0.851. The molecule has 0 spiro atoms. The van der Waals surface area contributed by atoms with Gasteiger partial charge in [-0.15, -0.1) is 0 Å². The van der Waals surface area contributed by atoms with E-state index < -0.39 is 18.1 Å². The number of rotatable bonds is 7. The summed E-state index contributed by atoms with van der Waals surface area (Å²) in [6, 6.07) is -1.36. The lowest BCUT2D eigenvalue weighted by atomic mass is 9.97. The molecule has 6 nitrogen and oxygen atoms in total. The Hall–Kier alpha value is -1.59. The Morgan fingerprint density at radius 2 is 1.60 bits per heavy atom. The number of ether oxygens (including phenoxy) is 1. The maximum absolute atomic E-state index is 12.3. The van der Waals surface area contributed by atoms with E-state index in [1.165, 1.54) is 14.0 Å². The van der Waals surface area contributed by atoms with Crippen LogP contribution in [-0.2, 0) is 19.1 Å². The van der Waals surface area contributed by atoms with Crippen molar-refractivity contribution in [3.63, 3.8) is 0 Å². The largest absolute Gasteiger partial charge is 0.467 e. The molecule has 2 amide bonds. The molecule has 0 saturated carbocycles. The third-order valence-electron chi connectivity index (χ3n) is 3.27. The molecule has 3 atom stereocenters. The first-order chi connectivity index (χ1) is 9.24. The molecule has 0 aromatic rings. The van der Waals surface area contributed by atoms with Crippen LogP contribution in [0.3, 0.4) is 0 Å². The molecule has 0 aromatic heterocycles. The average Bonchev–Trinajstić information content (AvgIpc) is 2.39. The highest BCUT2D eigenvalue weighted by Crippen LogP contribution is 2.10. The Morgan fingerprint density at radius 3 is 1.95 bits per heavy atom. The highest BCUT2D eigenvalue weighted by atomic mass is 16.5. The molecule has 0 radical (unpaired) electrons. The van der Waals surface area contributed by atoms with Gasteiger partial charge >= 0.3 is 5.97 Å². The monoisotopic (exact) mass is 286 g/mol. The summed E-state index contributed by atoms with van der Waals surface area (Å²) >= 11 is 0. The smallest absolute Gasteiger partial charge is 0.328 e. The molecule has 0 saturated heterocycles. The fourth-order valence-corrected chi connectivity index (χ4v) is 1.79. The van der Waals surface area contributed by atoms with Gasteiger partial charge in [-0.3, -0.25) is 9.59 Å². The minimum atomic E-state index is -0.715. The fraction of sp³-hybridized carbons (Fsp3) is 0.786. The van der Waals surface area contributed by atoms with Crippen molar-refractivity contribution in [2.24, 2.45) is 11.8 Å². The third kappa shape index (κ3) is 5.59. The van der Waals surface area contributed by atoms with Crippen LogP contribution in [0.15, 0.2) is 0 Å². The molecule has 6 heteroatoms. The van der Waals surface area contributed by atoms with Crippen molar-refractivity contribution in [2.45, 2.75) is 53.1 Å². The topological polar surface area (TPSA) is 84.5 Å². The molecule has 2 N–H and O–H groups in total. The zero-order chi connectivity index (χ0) is 15.9. The summed E-state index contributed by atoms with van der Waals surface area (Å²) in [5.41, 5.74) is 0. The molecule has 0 rings (SSSR count). The lowest BCUT2D eigenvalue weighted by Gasteiger charge is -2.26. The minimum Gasteiger partial charge on any atom is -0.467 e. The molecular formula is C14H26N2O4. The first-order valence-electron chi connectivity index (χ1n) is 6.89. The van der Waals surface area contributed by atoms with Crippen LogP contribution < -0.4 is 10.6 Å². The Balaban J connectivity index is 4.96. The third-order valence-corrected chi connectivity index (χ3v) is 3.27. The van der Waals surface area contributed by atoms with E-state index in [-0.39, 0.29) is 23.7 Å². The van der Waals surface area contributed by atoms with Crippen LogP contribution in [0.1, 0.15) is 41.0 Å². The number of amides is 2. The normalized spacial score (nSPS) is 15.2. The van der Waals surface area contributed by atoms with Crippen LogP contribution in [0, 0.1) is 11.8 Å². The number of carbonyl (C=O) groups excluding carboxylic acids is 3. The van der Waals surface area contributed by atoms with Crippen LogP contribution in [0.5, 0.6) is 0 Å². The van der Waals surface area contributed by atoms with Crippen molar-refractivity contribution in [3.8, 4) is 0 Å². The second-order valence-electron chi connectivity index (χ2n) is 5.32. The van der Waals surface area contributed by atoms with Crippen molar-refractivity contribution in [1.29, 1.82) is 0 Å². The van der Waals surface area contributed by atoms with Crippen LogP contribution >= 0.6 is 0 Å². The number of hydrogen-bond acceptors (Lipinski definition) is 4. The highest BCUT2D eigenvalue weighted by molar-refractivity contribution is 5.90. The molecule has 0 aromatic carbocycles. The number of nitrogens with one attached hydrogen (secondary N) is 2. The van der Waals surface area contributed by atoms with Crippen molar-refractivity contribution in [2.75, 3.05) is 7.11 Å². The van der Waals surface area contributed by atoms with Gasteiger partial charge < -0.3 is 15.4 Å². The van der Waals surface area contributed by atoms with Gasteiger partial charge in [-0.25, -0.2) is 4.79 Å². The Bertz CT molecular complexity index is 355. The molecule has 20 heavy (non-hydrogen) atoms. The van der Waals surface area contributed by atoms with Gasteiger partial charge in [0, 0.05) is 6.92 Å². The van der Waals surface area contributed by atoms with Crippen molar-refractivity contribution in [1.82, 2.24) is 10.6 Å². The quantitative estimate of drug-likeness (QED) is 0.680. The Labute approximate surface area is 120 Å². The van der Waals surface area contributed by atoms with E-state index in [0.29, 0.717) is 0 Å². The van der Waals surface area contributed by atoms with Gasteiger partial charge in [-0.1, -0.05) is 34.1 Å². The highest BCUT2D eigenvalue weighted by Gasteiger charge is 2.31. The van der Waals surface area contributed by atoms with E-state index in [0.717, 1.165) is 6.42 Å². The minimum absolute atomic E-state index is 0.0237. The van der Waals surface area contributed by atoms with Gasteiger partial charge in [0.25, 0.3) is 0 Å². The average molecular weight is 286 g/mol. The summed E-state index contributed by atoms with van der Waals surface area (Å²) in [7, 11) is 1.28. The summed E-state index contributed by atoms with van der Waals surface area (Å²) in [4.78, 5) is 35.1. The van der Waals surface area contributed by atoms with E-state index in [2.05, 4.69) is 15.4 Å². The van der Waals surface area contributed by atoms with E-state index in [1.807, 2.05) is 27.7 Å². The lowest BCUT2D eigenvalue weighted by Crippen LogP contribution is -2.55. The fourth-order valence-electron chi connectivity index (χ4n) is 1.79. The standard InChI is InChI=1S/C14H26N2O4/c1-7-9(4)12(15-10(5)17)13(18)16-11(8(2)3)14(19)20-6/h8-9,11-12H,7H2,1-6H3,(H,15,17)(H,16,18)/t9-,11-,12-/m0/s1. The summed E-state index contributed by atoms with van der Waals surface area (Å²) in [5, 5.41) is 5.29. The van der Waals surface area contributed by atoms with E-state index >= 15 is 0 Å². The van der Waals surface area contributed by atoms with Crippen molar-refractivity contribution < 1.29 is 19.1 Å². The zero-order valence-corrected chi connectivity index (χ0v) is 13.1. The van der Waals surface area contributed by atoms with Gasteiger partial charge in [0.2, 0.25) is 11.8 Å². The second-order valence-corrected chi connectivity index (χ2v) is 5.32. The van der Waals surface area contributed by atoms with Gasteiger partial charge in [0.15, 0.2) is 0 Å². The number of methoxy groups -OCH3 is 1. The number of hydrogen-bond donors (Lipinski definition) is 2. The molecule has 116 valence electrons. The summed E-state index contributed by atoms with van der Waals surface area (Å²) in [5.74, 6) is -1.24.